The molecule has 1 saturated heterocycles. The van der Waals surface area contributed by atoms with Crippen LogP contribution in [0.15, 0.2) is 0 Å². The lowest BCUT2D eigenvalue weighted by molar-refractivity contribution is -0.155. The average Bonchev–Trinajstić information content (AvgIpc) is 2.63. The largest absolute Gasteiger partial charge is 0.460 e. The summed E-state index contributed by atoms with van der Waals surface area (Å²) in [6.07, 6.45) is 6.18. The minimum atomic E-state index is -0.506. The van der Waals surface area contributed by atoms with Gasteiger partial charge in [-0.05, 0) is 79.6 Å². The van der Waals surface area contributed by atoms with E-state index in [1.165, 1.54) is 0 Å². The predicted molar refractivity (Wildman–Crippen MR) is 116 cm³/mol. The molecule has 6 heteroatoms. The molecule has 168 valence electrons. The molecule has 0 saturated carbocycles. The van der Waals surface area contributed by atoms with Gasteiger partial charge in [-0.2, -0.15) is 0 Å². The maximum absolute atomic E-state index is 13.0. The van der Waals surface area contributed by atoms with E-state index in [1.54, 1.807) is 0 Å². The number of hydrogen-bond acceptors (Lipinski definition) is 6. The Morgan fingerprint density at radius 1 is 1.07 bits per heavy atom. The summed E-state index contributed by atoms with van der Waals surface area (Å²) in [5, 5.41) is 0. The number of rotatable bonds is 6. The Kier molecular flexibility index (Phi) is 11.7. The highest BCUT2D eigenvalue weighted by atomic mass is 16.6. The van der Waals surface area contributed by atoms with Crippen molar-refractivity contribution in [3.63, 3.8) is 0 Å². The van der Waals surface area contributed by atoms with Gasteiger partial charge in [0.05, 0.1) is 13.1 Å². The van der Waals surface area contributed by atoms with Crippen LogP contribution in [0.25, 0.3) is 0 Å². The van der Waals surface area contributed by atoms with Crippen LogP contribution < -0.4 is 0 Å². The van der Waals surface area contributed by atoms with Crippen LogP contribution in [-0.4, -0.2) is 72.7 Å². The second kappa shape index (κ2) is 13.1. The van der Waals surface area contributed by atoms with Gasteiger partial charge in [-0.15, -0.1) is 0 Å². The smallest absolute Gasteiger partial charge is 0.306 e. The molecule has 0 aromatic rings. The summed E-state index contributed by atoms with van der Waals surface area (Å²) >= 11 is 0. The van der Waals surface area contributed by atoms with Gasteiger partial charge in [-0.3, -0.25) is 19.3 Å². The minimum Gasteiger partial charge on any atom is -0.460 e. The number of ketones is 2. The zero-order valence-corrected chi connectivity index (χ0v) is 19.3. The third-order valence-electron chi connectivity index (χ3n) is 5.35. The second-order valence-corrected chi connectivity index (χ2v) is 9.40. The zero-order chi connectivity index (χ0) is 21.9. The van der Waals surface area contributed by atoms with Crippen molar-refractivity contribution in [3.8, 4) is 0 Å². The van der Waals surface area contributed by atoms with Gasteiger partial charge in [0.25, 0.3) is 0 Å². The molecule has 0 aromatic carbocycles. The Bertz CT molecular complexity index is 527. The number of carbonyl (C=O) groups is 3. The Morgan fingerprint density at radius 2 is 1.69 bits per heavy atom. The first-order chi connectivity index (χ1) is 13.6. The second-order valence-electron chi connectivity index (χ2n) is 9.40. The number of ether oxygens (including phenoxy) is 1. The first-order valence-electron chi connectivity index (χ1n) is 11.3. The molecule has 0 spiro atoms. The fraction of sp³-hybridized carbons (Fsp3) is 0.870. The van der Waals surface area contributed by atoms with Crippen LogP contribution in [0.5, 0.6) is 0 Å². The van der Waals surface area contributed by atoms with E-state index in [9.17, 15) is 14.4 Å². The molecule has 1 atom stereocenters. The number of esters is 1. The van der Waals surface area contributed by atoms with Crippen LogP contribution in [0.3, 0.4) is 0 Å². The SMILES string of the molecule is CCC(=O)CN1CCCCN(C)CCCC[C@H](CCC(=O)OC(C)(C)C)C(=O)C1. The normalized spacial score (nSPS) is 21.7. The molecule has 6 nitrogen and oxygen atoms in total. The van der Waals surface area contributed by atoms with Gasteiger partial charge in [-0.25, -0.2) is 0 Å². The van der Waals surface area contributed by atoms with Gasteiger partial charge in [-0.1, -0.05) is 13.3 Å². The molecule has 0 unspecified atom stereocenters. The lowest BCUT2D eigenvalue weighted by atomic mass is 9.91. The molecule has 0 bridgehead atoms. The summed E-state index contributed by atoms with van der Waals surface area (Å²) in [7, 11) is 2.14. The highest BCUT2D eigenvalue weighted by molar-refractivity contribution is 5.85. The molecule has 1 aliphatic heterocycles. The van der Waals surface area contributed by atoms with Gasteiger partial charge >= 0.3 is 5.97 Å². The monoisotopic (exact) mass is 410 g/mol. The van der Waals surface area contributed by atoms with E-state index >= 15 is 0 Å². The van der Waals surface area contributed by atoms with Crippen LogP contribution in [0.2, 0.25) is 0 Å². The van der Waals surface area contributed by atoms with Crippen molar-refractivity contribution in [1.82, 2.24) is 9.80 Å². The summed E-state index contributed by atoms with van der Waals surface area (Å²) in [5.41, 5.74) is -0.506. The maximum atomic E-state index is 13.0. The quantitative estimate of drug-likeness (QED) is 0.625. The van der Waals surface area contributed by atoms with Crippen molar-refractivity contribution in [2.45, 2.75) is 84.7 Å². The van der Waals surface area contributed by atoms with E-state index in [1.807, 2.05) is 32.6 Å². The molecular weight excluding hydrogens is 368 g/mol. The van der Waals surface area contributed by atoms with E-state index < -0.39 is 5.60 Å². The highest BCUT2D eigenvalue weighted by Gasteiger charge is 2.24. The summed E-state index contributed by atoms with van der Waals surface area (Å²) < 4.78 is 5.41. The van der Waals surface area contributed by atoms with Crippen LogP contribution in [0, 0.1) is 5.92 Å². The fourth-order valence-corrected chi connectivity index (χ4v) is 3.68. The van der Waals surface area contributed by atoms with Crippen molar-refractivity contribution in [2.75, 3.05) is 39.8 Å². The molecule has 29 heavy (non-hydrogen) atoms. The van der Waals surface area contributed by atoms with E-state index in [4.69, 9.17) is 4.74 Å². The van der Waals surface area contributed by atoms with Crippen molar-refractivity contribution in [3.05, 3.63) is 0 Å². The molecule has 0 N–H and O–H groups in total. The molecule has 1 fully saturated rings. The van der Waals surface area contributed by atoms with Crippen LogP contribution >= 0.6 is 0 Å². The maximum Gasteiger partial charge on any atom is 0.306 e. The van der Waals surface area contributed by atoms with Gasteiger partial charge in [0.1, 0.15) is 17.2 Å². The Labute approximate surface area is 177 Å². The van der Waals surface area contributed by atoms with Crippen molar-refractivity contribution >= 4 is 17.5 Å². The Hall–Kier alpha value is -1.27. The topological polar surface area (TPSA) is 66.9 Å². The molecule has 0 aliphatic carbocycles. The first-order valence-corrected chi connectivity index (χ1v) is 11.3. The molecular formula is C23H42N2O4. The molecule has 0 radical (unpaired) electrons. The predicted octanol–water partition coefficient (Wildman–Crippen LogP) is 3.47. The zero-order valence-electron chi connectivity index (χ0n) is 19.3. The van der Waals surface area contributed by atoms with Crippen LogP contribution in [-0.2, 0) is 19.1 Å². The van der Waals surface area contributed by atoms with E-state index in [0.717, 1.165) is 51.7 Å². The lowest BCUT2D eigenvalue weighted by Gasteiger charge is -2.24. The molecule has 1 aliphatic rings. The summed E-state index contributed by atoms with van der Waals surface area (Å²) in [6.45, 7) is 10.9. The Morgan fingerprint density at radius 3 is 2.31 bits per heavy atom. The highest BCUT2D eigenvalue weighted by Crippen LogP contribution is 2.20. The van der Waals surface area contributed by atoms with Gasteiger partial charge < -0.3 is 9.64 Å². The molecule has 1 heterocycles. The first kappa shape index (κ1) is 25.8. The van der Waals surface area contributed by atoms with E-state index in [2.05, 4.69) is 11.9 Å². The van der Waals surface area contributed by atoms with Gasteiger partial charge in [0.2, 0.25) is 0 Å². The molecule has 0 amide bonds. The number of nitrogens with zero attached hydrogens (tertiary/aromatic N) is 2. The third-order valence-corrected chi connectivity index (χ3v) is 5.35. The van der Waals surface area contributed by atoms with Gasteiger partial charge in [0.15, 0.2) is 0 Å². The Balaban J connectivity index is 2.77. The standard InChI is InChI=1S/C23H42N2O4/c1-6-20(26)17-25-16-10-9-15-24(5)14-8-7-11-19(21(27)18-25)12-13-22(28)29-23(2,3)4/h19H,6-18H2,1-5H3/t19-/m1/s1. The number of carbonyl (C=O) groups excluding carboxylic acids is 3. The minimum absolute atomic E-state index is 0.146. The van der Waals surface area contributed by atoms with E-state index in [-0.39, 0.29) is 29.9 Å². The summed E-state index contributed by atoms with van der Waals surface area (Å²) in [6, 6.07) is 0. The average molecular weight is 411 g/mol. The van der Waals surface area contributed by atoms with Crippen molar-refractivity contribution in [1.29, 1.82) is 0 Å². The van der Waals surface area contributed by atoms with Gasteiger partial charge in [0, 0.05) is 18.8 Å². The molecule has 1 rings (SSSR count). The fourth-order valence-electron chi connectivity index (χ4n) is 3.68. The molecule has 0 aromatic heterocycles. The number of hydrogen-bond donors (Lipinski definition) is 0. The van der Waals surface area contributed by atoms with Crippen molar-refractivity contribution in [2.24, 2.45) is 5.92 Å². The summed E-state index contributed by atoms with van der Waals surface area (Å²) in [4.78, 5) is 41.5. The van der Waals surface area contributed by atoms with Crippen LogP contribution in [0.4, 0.5) is 0 Å². The van der Waals surface area contributed by atoms with Crippen LogP contribution in [0.1, 0.15) is 79.1 Å². The number of Topliss-reactive ketones (excluding diaryl/α,β-unsaturated/α-hetero) is 2. The summed E-state index contributed by atoms with van der Waals surface area (Å²) in [5.74, 6) is -0.0617. The van der Waals surface area contributed by atoms with Crippen molar-refractivity contribution < 1.29 is 19.1 Å². The van der Waals surface area contributed by atoms with E-state index in [0.29, 0.717) is 25.9 Å². The lowest BCUT2D eigenvalue weighted by Crippen LogP contribution is -2.37. The third kappa shape index (κ3) is 12.1.